The fraction of sp³-hybridized carbons (Fsp3) is 0.385. The summed E-state index contributed by atoms with van der Waals surface area (Å²) in [4.78, 5) is 17.8. The second-order valence-electron chi connectivity index (χ2n) is 8.91. The van der Waals surface area contributed by atoms with Crippen LogP contribution in [0, 0.1) is 11.8 Å². The number of nitrogens with zero attached hydrogens (tertiary/aromatic N) is 3. The standard InChI is InChI=1S/C26H28F4N6O2Se/c1-31-24(37)20-13-23(38-3)21(14-33-20)32-9-4-6-16-12-22-19(34-18-8-11-35(2)15-17(18)27)7-5-10-36(22)25(16)39-26(28,29)30/h5,7,10,12-14,17-18,32,34H,8-9,11,15H2,1-3H3,(H,31,37)/t17-,18+/m0/s1. The molecule has 0 saturated carbocycles. The number of nitrogens with one attached hydrogen (secondary N) is 3. The Kier molecular flexibility index (Phi) is 8.90. The van der Waals surface area contributed by atoms with Crippen molar-refractivity contribution in [3.05, 3.63) is 47.9 Å². The van der Waals surface area contributed by atoms with E-state index in [0.717, 1.165) is 6.54 Å². The van der Waals surface area contributed by atoms with Gasteiger partial charge in [0.05, 0.1) is 0 Å². The Bertz CT molecular complexity index is 1400. The molecule has 0 spiro atoms. The van der Waals surface area contributed by atoms with Crippen molar-refractivity contribution in [2.45, 2.75) is 23.7 Å². The Labute approximate surface area is 229 Å². The molecule has 1 aliphatic rings. The summed E-state index contributed by atoms with van der Waals surface area (Å²) in [6.07, 6.45) is 2.48. The Morgan fingerprint density at radius 2 is 2.10 bits per heavy atom. The zero-order chi connectivity index (χ0) is 28.2. The number of hydrogen-bond acceptors (Lipinski definition) is 6. The van der Waals surface area contributed by atoms with E-state index in [9.17, 15) is 22.4 Å². The van der Waals surface area contributed by atoms with Gasteiger partial charge >= 0.3 is 223 Å². The van der Waals surface area contributed by atoms with E-state index in [2.05, 4.69) is 32.8 Å². The quantitative estimate of drug-likeness (QED) is 0.217. The summed E-state index contributed by atoms with van der Waals surface area (Å²) in [5, 5.41) is 4.32. The van der Waals surface area contributed by atoms with Crippen molar-refractivity contribution >= 4 is 42.3 Å². The van der Waals surface area contributed by atoms with Crippen molar-refractivity contribution < 1.29 is 27.1 Å². The third-order valence-electron chi connectivity index (χ3n) is 6.20. The van der Waals surface area contributed by atoms with Gasteiger partial charge in [0, 0.05) is 7.05 Å². The van der Waals surface area contributed by atoms with Crippen LogP contribution in [-0.4, -0.2) is 93.3 Å². The molecule has 1 amide bonds. The van der Waals surface area contributed by atoms with Crippen LogP contribution in [0.2, 0.25) is 0 Å². The molecule has 3 aromatic heterocycles. The summed E-state index contributed by atoms with van der Waals surface area (Å²) < 4.78 is 62.1. The van der Waals surface area contributed by atoms with E-state index in [1.54, 1.807) is 24.4 Å². The van der Waals surface area contributed by atoms with E-state index in [4.69, 9.17) is 4.74 Å². The van der Waals surface area contributed by atoms with E-state index in [0.29, 0.717) is 35.6 Å². The maximum atomic E-state index is 14.7. The number of fused-ring (bicyclic) bond motifs is 1. The van der Waals surface area contributed by atoms with E-state index in [-0.39, 0.29) is 28.3 Å². The van der Waals surface area contributed by atoms with Crippen LogP contribution in [0.5, 0.6) is 5.75 Å². The third kappa shape index (κ3) is 6.95. The first-order valence-electron chi connectivity index (χ1n) is 12.1. The molecule has 4 heterocycles. The predicted molar refractivity (Wildman–Crippen MR) is 143 cm³/mol. The van der Waals surface area contributed by atoms with Crippen LogP contribution in [-0.2, 0) is 0 Å². The molecule has 0 aliphatic carbocycles. The number of aromatic nitrogens is 2. The molecule has 4 rings (SSSR count). The number of carbonyl (C=O) groups is 1. The third-order valence-corrected chi connectivity index (χ3v) is 7.96. The van der Waals surface area contributed by atoms with Crippen molar-refractivity contribution in [3.63, 3.8) is 0 Å². The number of halogens is 4. The summed E-state index contributed by atoms with van der Waals surface area (Å²) in [5.74, 6) is 5.74. The fourth-order valence-corrected chi connectivity index (χ4v) is 5.75. The van der Waals surface area contributed by atoms with Gasteiger partial charge in [0.15, 0.2) is 0 Å². The summed E-state index contributed by atoms with van der Waals surface area (Å²) in [5.41, 5.74) is 1.98. The first-order chi connectivity index (χ1) is 18.6. The number of alkyl halides is 4. The van der Waals surface area contributed by atoms with Crippen LogP contribution in [0.15, 0.2) is 36.7 Å². The molecule has 8 nitrogen and oxygen atoms in total. The van der Waals surface area contributed by atoms with Crippen molar-refractivity contribution in [1.29, 1.82) is 0 Å². The van der Waals surface area contributed by atoms with Gasteiger partial charge in [0.25, 0.3) is 0 Å². The van der Waals surface area contributed by atoms with Crippen molar-refractivity contribution in [2.24, 2.45) is 0 Å². The zero-order valence-electron chi connectivity index (χ0n) is 21.5. The van der Waals surface area contributed by atoms with Crippen molar-refractivity contribution in [1.82, 2.24) is 19.6 Å². The minimum atomic E-state index is -4.39. The number of rotatable bonds is 7. The first-order valence-corrected chi connectivity index (χ1v) is 13.8. The number of amides is 1. The molecule has 3 aromatic rings. The average molecular weight is 612 g/mol. The molecule has 2 atom stereocenters. The Morgan fingerprint density at radius 3 is 2.79 bits per heavy atom. The molecular weight excluding hydrogens is 583 g/mol. The molecule has 0 bridgehead atoms. The van der Waals surface area contributed by atoms with Crippen LogP contribution in [0.3, 0.4) is 0 Å². The molecule has 39 heavy (non-hydrogen) atoms. The van der Waals surface area contributed by atoms with Gasteiger partial charge in [-0.1, -0.05) is 0 Å². The molecule has 1 saturated heterocycles. The minimum absolute atomic E-state index is 0.0653. The number of hydrogen-bond donors (Lipinski definition) is 3. The van der Waals surface area contributed by atoms with Gasteiger partial charge in [0.2, 0.25) is 0 Å². The Morgan fingerprint density at radius 1 is 1.31 bits per heavy atom. The fourth-order valence-electron chi connectivity index (χ4n) is 4.29. The van der Waals surface area contributed by atoms with Crippen LogP contribution >= 0.6 is 0 Å². The number of pyridine rings is 2. The van der Waals surface area contributed by atoms with Crippen LogP contribution < -0.4 is 25.3 Å². The molecular formula is C26H28F4N6O2Se. The van der Waals surface area contributed by atoms with Gasteiger partial charge in [-0.25, -0.2) is 0 Å². The first kappa shape index (κ1) is 28.5. The average Bonchev–Trinajstić information content (AvgIpc) is 3.24. The Balaban J connectivity index is 1.59. The van der Waals surface area contributed by atoms with Gasteiger partial charge < -0.3 is 0 Å². The van der Waals surface area contributed by atoms with Crippen LogP contribution in [0.4, 0.5) is 28.9 Å². The van der Waals surface area contributed by atoms with Gasteiger partial charge in [-0.15, -0.1) is 0 Å². The monoisotopic (exact) mass is 612 g/mol. The van der Waals surface area contributed by atoms with Gasteiger partial charge in [-0.2, -0.15) is 0 Å². The number of anilines is 2. The molecule has 1 fully saturated rings. The second-order valence-corrected chi connectivity index (χ2v) is 11.1. The number of methoxy groups -OCH3 is 1. The second kappa shape index (κ2) is 12.2. The summed E-state index contributed by atoms with van der Waals surface area (Å²) in [6.45, 7) is 1.11. The molecule has 3 N–H and O–H groups in total. The number of carbonyl (C=O) groups excluding carboxylic acids is 1. The molecule has 13 heteroatoms. The van der Waals surface area contributed by atoms with E-state index in [1.165, 1.54) is 30.8 Å². The summed E-state index contributed by atoms with van der Waals surface area (Å²) in [7, 11) is 4.79. The molecule has 0 unspecified atom stereocenters. The molecule has 1 aliphatic heterocycles. The normalized spacial score (nSPS) is 17.8. The van der Waals surface area contributed by atoms with Gasteiger partial charge in [-0.3, -0.25) is 0 Å². The molecule has 0 radical (unpaired) electrons. The van der Waals surface area contributed by atoms with Gasteiger partial charge in [-0.05, 0) is 0 Å². The number of piperidine rings is 1. The van der Waals surface area contributed by atoms with Gasteiger partial charge in [0.1, 0.15) is 0 Å². The summed E-state index contributed by atoms with van der Waals surface area (Å²) in [6, 6.07) is 6.04. The number of ether oxygens (including phenoxy) is 1. The molecule has 0 aromatic carbocycles. The number of likely N-dealkylation sites (tertiary alicyclic amines) is 1. The summed E-state index contributed by atoms with van der Waals surface area (Å²) >= 11 is -1.85. The topological polar surface area (TPSA) is 82.9 Å². The van der Waals surface area contributed by atoms with Crippen LogP contribution in [0.25, 0.3) is 5.52 Å². The Hall–Kier alpha value is -3.46. The van der Waals surface area contributed by atoms with E-state index in [1.807, 2.05) is 11.9 Å². The van der Waals surface area contributed by atoms with Crippen molar-refractivity contribution in [3.8, 4) is 17.6 Å². The SMILES string of the molecule is CNC(=O)c1cc(OC)c(NCC#Cc2cc3c(N[C@@H]4CCN(C)C[C@@H]4F)cccn3c2[Se]C(F)(F)F)cn1. The van der Waals surface area contributed by atoms with Crippen LogP contribution in [0.1, 0.15) is 22.5 Å². The predicted octanol–water partition coefficient (Wildman–Crippen LogP) is 2.47. The van der Waals surface area contributed by atoms with E-state index >= 15 is 0 Å². The maximum absolute atomic E-state index is 14.7. The zero-order valence-corrected chi connectivity index (χ0v) is 23.2. The van der Waals surface area contributed by atoms with E-state index < -0.39 is 32.2 Å². The van der Waals surface area contributed by atoms with Crippen molar-refractivity contribution in [2.75, 3.05) is 51.5 Å². The molecule has 208 valence electrons.